The minimum atomic E-state index is -1.56. The number of hydrogen-bond acceptors (Lipinski definition) is 2. The molecule has 0 radical (unpaired) electrons. The van der Waals surface area contributed by atoms with Crippen LogP contribution in [-0.4, -0.2) is 11.7 Å². The standard InChI is InChI=1S/C15H12BrF3O2/c1-2-21-13-4-3-9(16)7-10(13)15(20)8-5-11(17)14(19)12(18)6-8/h3-7,15,20H,2H2,1H3. The van der Waals surface area contributed by atoms with Gasteiger partial charge in [-0.2, -0.15) is 0 Å². The van der Waals surface area contributed by atoms with Gasteiger partial charge in [-0.15, -0.1) is 0 Å². The van der Waals surface area contributed by atoms with E-state index in [2.05, 4.69) is 15.9 Å². The number of hydrogen-bond donors (Lipinski definition) is 1. The van der Waals surface area contributed by atoms with Gasteiger partial charge in [-0.3, -0.25) is 0 Å². The Morgan fingerprint density at radius 2 is 1.76 bits per heavy atom. The Kier molecular flexibility index (Phi) is 4.90. The summed E-state index contributed by atoms with van der Waals surface area (Å²) in [5.41, 5.74) is 0.238. The van der Waals surface area contributed by atoms with E-state index in [1.165, 1.54) is 0 Å². The van der Waals surface area contributed by atoms with Crippen LogP contribution in [0.15, 0.2) is 34.8 Å². The highest BCUT2D eigenvalue weighted by Gasteiger charge is 2.20. The molecule has 21 heavy (non-hydrogen) atoms. The molecule has 0 fully saturated rings. The first-order valence-electron chi connectivity index (χ1n) is 6.18. The number of aliphatic hydroxyl groups is 1. The molecule has 0 heterocycles. The summed E-state index contributed by atoms with van der Waals surface area (Å²) in [5.74, 6) is -3.88. The van der Waals surface area contributed by atoms with E-state index in [1.54, 1.807) is 25.1 Å². The molecule has 6 heteroatoms. The molecule has 2 aromatic rings. The number of halogens is 4. The van der Waals surface area contributed by atoms with Crippen molar-refractivity contribution in [3.63, 3.8) is 0 Å². The van der Waals surface area contributed by atoms with Crippen LogP contribution in [0.1, 0.15) is 24.2 Å². The molecule has 0 aliphatic heterocycles. The summed E-state index contributed by atoms with van der Waals surface area (Å²) in [5, 5.41) is 10.3. The molecule has 1 unspecified atom stereocenters. The minimum absolute atomic E-state index is 0.0922. The number of ether oxygens (including phenoxy) is 1. The van der Waals surface area contributed by atoms with E-state index in [1.807, 2.05) is 0 Å². The summed E-state index contributed by atoms with van der Waals surface area (Å²) in [6.07, 6.45) is -1.34. The minimum Gasteiger partial charge on any atom is -0.493 e. The Hall–Kier alpha value is -1.53. The molecule has 2 aromatic carbocycles. The van der Waals surface area contributed by atoms with Crippen LogP contribution in [0.3, 0.4) is 0 Å². The fourth-order valence-electron chi connectivity index (χ4n) is 1.93. The lowest BCUT2D eigenvalue weighted by Gasteiger charge is -2.17. The van der Waals surface area contributed by atoms with Crippen molar-refractivity contribution in [1.29, 1.82) is 0 Å². The normalized spacial score (nSPS) is 12.3. The molecule has 1 atom stereocenters. The van der Waals surface area contributed by atoms with Gasteiger partial charge in [-0.25, -0.2) is 13.2 Å². The molecule has 0 aliphatic carbocycles. The van der Waals surface area contributed by atoms with E-state index < -0.39 is 23.6 Å². The number of benzene rings is 2. The van der Waals surface area contributed by atoms with Crippen LogP contribution in [0, 0.1) is 17.5 Å². The van der Waals surface area contributed by atoms with Gasteiger partial charge >= 0.3 is 0 Å². The zero-order valence-electron chi connectivity index (χ0n) is 11.0. The third-order valence-electron chi connectivity index (χ3n) is 2.89. The maximum Gasteiger partial charge on any atom is 0.194 e. The molecular weight excluding hydrogens is 349 g/mol. The van der Waals surface area contributed by atoms with Crippen LogP contribution in [0.4, 0.5) is 13.2 Å². The molecule has 0 aromatic heterocycles. The molecule has 0 aliphatic rings. The van der Waals surface area contributed by atoms with E-state index in [0.29, 0.717) is 22.4 Å². The summed E-state index contributed by atoms with van der Waals surface area (Å²) in [7, 11) is 0. The van der Waals surface area contributed by atoms with Crippen molar-refractivity contribution in [2.45, 2.75) is 13.0 Å². The molecule has 2 rings (SSSR count). The SMILES string of the molecule is CCOc1ccc(Br)cc1C(O)c1cc(F)c(F)c(F)c1. The maximum absolute atomic E-state index is 13.3. The first-order chi connectivity index (χ1) is 9.93. The molecule has 0 bridgehead atoms. The summed E-state index contributed by atoms with van der Waals surface area (Å²) >= 11 is 3.25. The van der Waals surface area contributed by atoms with Crippen LogP contribution in [-0.2, 0) is 0 Å². The van der Waals surface area contributed by atoms with Crippen LogP contribution in [0.2, 0.25) is 0 Å². The fraction of sp³-hybridized carbons (Fsp3) is 0.200. The van der Waals surface area contributed by atoms with Crippen molar-refractivity contribution < 1.29 is 23.0 Å². The highest BCUT2D eigenvalue weighted by Crippen LogP contribution is 2.33. The van der Waals surface area contributed by atoms with Crippen molar-refractivity contribution >= 4 is 15.9 Å². The predicted octanol–water partition coefficient (Wildman–Crippen LogP) is 4.35. The van der Waals surface area contributed by atoms with Crippen molar-refractivity contribution in [3.05, 3.63) is 63.4 Å². The average molecular weight is 361 g/mol. The van der Waals surface area contributed by atoms with Gasteiger partial charge in [0.25, 0.3) is 0 Å². The van der Waals surface area contributed by atoms with Gasteiger partial charge in [-0.05, 0) is 42.8 Å². The Labute approximate surface area is 128 Å². The van der Waals surface area contributed by atoms with E-state index >= 15 is 0 Å². The van der Waals surface area contributed by atoms with Gasteiger partial charge < -0.3 is 9.84 Å². The number of aliphatic hydroxyl groups excluding tert-OH is 1. The van der Waals surface area contributed by atoms with Gasteiger partial charge in [0.05, 0.1) is 6.61 Å². The number of rotatable bonds is 4. The van der Waals surface area contributed by atoms with Crippen molar-refractivity contribution in [1.82, 2.24) is 0 Å². The lowest BCUT2D eigenvalue weighted by atomic mass is 10.0. The Balaban J connectivity index is 2.48. The zero-order chi connectivity index (χ0) is 15.6. The van der Waals surface area contributed by atoms with Gasteiger partial charge in [0.2, 0.25) is 0 Å². The second kappa shape index (κ2) is 6.49. The molecule has 0 amide bonds. The summed E-state index contributed by atoms with van der Waals surface area (Å²) in [6, 6.07) is 6.45. The largest absolute Gasteiger partial charge is 0.493 e. The first kappa shape index (κ1) is 15.9. The first-order valence-corrected chi connectivity index (χ1v) is 6.98. The maximum atomic E-state index is 13.3. The quantitative estimate of drug-likeness (QED) is 0.821. The molecule has 0 saturated heterocycles. The van der Waals surface area contributed by atoms with E-state index in [-0.39, 0.29) is 5.56 Å². The summed E-state index contributed by atoms with van der Waals surface area (Å²) in [6.45, 7) is 2.14. The Morgan fingerprint density at radius 3 is 2.33 bits per heavy atom. The second-order valence-electron chi connectivity index (χ2n) is 4.32. The predicted molar refractivity (Wildman–Crippen MR) is 75.7 cm³/mol. The van der Waals surface area contributed by atoms with Crippen molar-refractivity contribution in [3.8, 4) is 5.75 Å². The summed E-state index contributed by atoms with van der Waals surface area (Å²) < 4.78 is 45.6. The molecule has 1 N–H and O–H groups in total. The van der Waals surface area contributed by atoms with Crippen LogP contribution in [0.5, 0.6) is 5.75 Å². The van der Waals surface area contributed by atoms with E-state index in [9.17, 15) is 18.3 Å². The highest BCUT2D eigenvalue weighted by molar-refractivity contribution is 9.10. The van der Waals surface area contributed by atoms with Crippen LogP contribution >= 0.6 is 15.9 Å². The molecule has 112 valence electrons. The second-order valence-corrected chi connectivity index (χ2v) is 5.23. The highest BCUT2D eigenvalue weighted by atomic mass is 79.9. The zero-order valence-corrected chi connectivity index (χ0v) is 12.6. The van der Waals surface area contributed by atoms with Crippen molar-refractivity contribution in [2.24, 2.45) is 0 Å². The third-order valence-corrected chi connectivity index (χ3v) is 3.38. The Bertz CT molecular complexity index is 638. The molecule has 0 spiro atoms. The smallest absolute Gasteiger partial charge is 0.194 e. The van der Waals surface area contributed by atoms with Gasteiger partial charge in [0, 0.05) is 10.0 Å². The van der Waals surface area contributed by atoms with Gasteiger partial charge in [0.15, 0.2) is 17.5 Å². The third kappa shape index (κ3) is 3.39. The van der Waals surface area contributed by atoms with Crippen LogP contribution in [0.25, 0.3) is 0 Å². The average Bonchev–Trinajstić information content (AvgIpc) is 2.45. The molecule has 2 nitrogen and oxygen atoms in total. The monoisotopic (exact) mass is 360 g/mol. The Morgan fingerprint density at radius 1 is 1.14 bits per heavy atom. The topological polar surface area (TPSA) is 29.5 Å². The van der Waals surface area contributed by atoms with Gasteiger partial charge in [-0.1, -0.05) is 15.9 Å². The lowest BCUT2D eigenvalue weighted by molar-refractivity contribution is 0.210. The molecule has 0 saturated carbocycles. The van der Waals surface area contributed by atoms with E-state index in [0.717, 1.165) is 12.1 Å². The van der Waals surface area contributed by atoms with Crippen molar-refractivity contribution in [2.75, 3.05) is 6.61 Å². The van der Waals surface area contributed by atoms with Crippen LogP contribution < -0.4 is 4.74 Å². The lowest BCUT2D eigenvalue weighted by Crippen LogP contribution is -2.06. The fourth-order valence-corrected chi connectivity index (χ4v) is 2.31. The van der Waals surface area contributed by atoms with E-state index in [4.69, 9.17) is 4.74 Å². The summed E-state index contributed by atoms with van der Waals surface area (Å²) in [4.78, 5) is 0. The molecular formula is C15H12BrF3O2. The van der Waals surface area contributed by atoms with Gasteiger partial charge in [0.1, 0.15) is 11.9 Å².